The second kappa shape index (κ2) is 11.0. The zero-order valence-electron chi connectivity index (χ0n) is 21.4. The molecule has 0 bridgehead atoms. The fourth-order valence-electron chi connectivity index (χ4n) is 4.46. The maximum absolute atomic E-state index is 13.2. The molecule has 38 heavy (non-hydrogen) atoms. The molecule has 210 valence electrons. The average Bonchev–Trinajstić information content (AvgIpc) is 3.21. The number of nitrogens with one attached hydrogen (secondary N) is 2. The molecule has 1 saturated heterocycles. The fourth-order valence-corrected chi connectivity index (χ4v) is 6.98. The van der Waals surface area contributed by atoms with E-state index >= 15 is 0 Å². The Morgan fingerprint density at radius 3 is 2.53 bits per heavy atom. The van der Waals surface area contributed by atoms with Crippen molar-refractivity contribution < 1.29 is 31.2 Å². The minimum atomic E-state index is -4.47. The first-order valence-electron chi connectivity index (χ1n) is 12.1. The van der Waals surface area contributed by atoms with Gasteiger partial charge in [0.25, 0.3) is 0 Å². The molecule has 0 saturated carbocycles. The molecule has 0 amide bonds. The van der Waals surface area contributed by atoms with Gasteiger partial charge in [0.15, 0.2) is 6.61 Å². The predicted octanol–water partition coefficient (Wildman–Crippen LogP) is 3.85. The fraction of sp³-hybridized carbons (Fsp3) is 0.583. The van der Waals surface area contributed by atoms with Crippen LogP contribution < -0.4 is 14.9 Å². The number of fused-ring (bicyclic) bond motifs is 1. The lowest BCUT2D eigenvalue weighted by atomic mass is 9.87. The number of benzene rings is 1. The summed E-state index contributed by atoms with van der Waals surface area (Å²) in [6.07, 6.45) is -1.73. The monoisotopic (exact) mass is 621 g/mol. The highest BCUT2D eigenvalue weighted by Gasteiger charge is 2.44. The smallest absolute Gasteiger partial charge is 0.422 e. The molecule has 1 aromatic heterocycles. The lowest BCUT2D eigenvalue weighted by Crippen LogP contribution is -2.47. The first-order valence-corrected chi connectivity index (χ1v) is 14.5. The third kappa shape index (κ3) is 6.83. The Hall–Kier alpha value is -1.84. The molecule has 1 fully saturated rings. The summed E-state index contributed by atoms with van der Waals surface area (Å²) in [4.78, 5) is 15.4. The van der Waals surface area contributed by atoms with Crippen LogP contribution in [0.1, 0.15) is 50.4 Å². The molecule has 14 heteroatoms. The standard InChI is InChI=1S/C24H31BrF3N5O4S/c1-14(17-10-29-22(30-11-17)36-13-24(26,27)28)33-8-7-15-5-6-18(9-16(15)12-33)38(34,35)32-21-19(25)20(37-31-21)23(2,3)4/h5-6,9-11,14,19-21,31-32H,7-8,12-13H2,1-4H3/t14-,19?,20?,21?/m1/s1. The summed E-state index contributed by atoms with van der Waals surface area (Å²) in [5.74, 6) is 0. The molecule has 4 rings (SSSR count). The third-order valence-electron chi connectivity index (χ3n) is 6.64. The van der Waals surface area contributed by atoms with Crippen LogP contribution in [0.15, 0.2) is 35.5 Å². The van der Waals surface area contributed by atoms with E-state index < -0.39 is 29.0 Å². The molecule has 0 radical (unpaired) electrons. The summed E-state index contributed by atoms with van der Waals surface area (Å²) in [6.45, 7) is 7.74. The zero-order chi connectivity index (χ0) is 27.9. The number of rotatable bonds is 7. The van der Waals surface area contributed by atoms with E-state index in [1.807, 2.05) is 33.8 Å². The molecule has 3 unspecified atom stereocenters. The van der Waals surface area contributed by atoms with Crippen LogP contribution in [0.2, 0.25) is 0 Å². The summed E-state index contributed by atoms with van der Waals surface area (Å²) in [5, 5.41) is 0. The SMILES string of the molecule is C[C@H](c1cnc(OCC(F)(F)F)nc1)N1CCc2ccc(S(=O)(=O)NC3NOC(C(C)(C)C)C3Br)cc2C1. The van der Waals surface area contributed by atoms with Crippen molar-refractivity contribution in [3.63, 3.8) is 0 Å². The highest BCUT2D eigenvalue weighted by atomic mass is 79.9. The van der Waals surface area contributed by atoms with Crippen LogP contribution in [0.5, 0.6) is 6.01 Å². The Kier molecular flexibility index (Phi) is 8.41. The Balaban J connectivity index is 1.43. The van der Waals surface area contributed by atoms with Gasteiger partial charge in [-0.3, -0.25) is 9.74 Å². The molecule has 4 atom stereocenters. The van der Waals surface area contributed by atoms with Gasteiger partial charge >= 0.3 is 12.2 Å². The van der Waals surface area contributed by atoms with Gasteiger partial charge in [-0.05, 0) is 42.0 Å². The van der Waals surface area contributed by atoms with Gasteiger partial charge in [-0.25, -0.2) is 18.4 Å². The molecule has 9 nitrogen and oxygen atoms in total. The molecule has 2 aromatic rings. The molecular weight excluding hydrogens is 591 g/mol. The van der Waals surface area contributed by atoms with Crippen LogP contribution in [0.3, 0.4) is 0 Å². The summed E-state index contributed by atoms with van der Waals surface area (Å²) >= 11 is 3.57. The largest absolute Gasteiger partial charge is 0.454 e. The van der Waals surface area contributed by atoms with Crippen molar-refractivity contribution in [3.8, 4) is 6.01 Å². The minimum Gasteiger partial charge on any atom is -0.454 e. The second-order valence-electron chi connectivity index (χ2n) is 10.6. The molecule has 2 N–H and O–H groups in total. The van der Waals surface area contributed by atoms with Crippen molar-refractivity contribution in [1.82, 2.24) is 25.1 Å². The van der Waals surface area contributed by atoms with E-state index in [1.165, 1.54) is 12.4 Å². The third-order valence-corrected chi connectivity index (χ3v) is 9.09. The number of hydroxylamine groups is 1. The van der Waals surface area contributed by atoms with Crippen LogP contribution in [-0.4, -0.2) is 59.7 Å². The summed E-state index contributed by atoms with van der Waals surface area (Å²) in [6, 6.07) is 4.63. The number of nitrogens with zero attached hydrogens (tertiary/aromatic N) is 3. The van der Waals surface area contributed by atoms with Crippen LogP contribution in [-0.2, 0) is 27.8 Å². The Bertz CT molecular complexity index is 1240. The molecule has 3 heterocycles. The predicted molar refractivity (Wildman–Crippen MR) is 137 cm³/mol. The Morgan fingerprint density at radius 2 is 1.92 bits per heavy atom. The highest BCUT2D eigenvalue weighted by molar-refractivity contribution is 9.09. The number of alkyl halides is 4. The van der Waals surface area contributed by atoms with Gasteiger partial charge in [0.1, 0.15) is 6.17 Å². The lowest BCUT2D eigenvalue weighted by Gasteiger charge is -2.34. The number of halogens is 4. The number of hydrogen-bond acceptors (Lipinski definition) is 8. The first-order chi connectivity index (χ1) is 17.6. The van der Waals surface area contributed by atoms with E-state index in [9.17, 15) is 21.6 Å². The van der Waals surface area contributed by atoms with Crippen LogP contribution in [0.25, 0.3) is 0 Å². The van der Waals surface area contributed by atoms with Crippen molar-refractivity contribution in [2.24, 2.45) is 5.41 Å². The van der Waals surface area contributed by atoms with Crippen molar-refractivity contribution in [2.45, 2.75) is 74.9 Å². The van der Waals surface area contributed by atoms with Gasteiger partial charge in [0, 0.05) is 37.1 Å². The van der Waals surface area contributed by atoms with E-state index in [4.69, 9.17) is 4.84 Å². The van der Waals surface area contributed by atoms with Crippen molar-refractivity contribution in [1.29, 1.82) is 0 Å². The van der Waals surface area contributed by atoms with Gasteiger partial charge in [-0.15, -0.1) is 0 Å². The van der Waals surface area contributed by atoms with Crippen LogP contribution in [0, 0.1) is 5.41 Å². The summed E-state index contributed by atoms with van der Waals surface area (Å²) in [7, 11) is -3.84. The average molecular weight is 623 g/mol. The number of aromatic nitrogens is 2. The van der Waals surface area contributed by atoms with Gasteiger partial charge in [0.2, 0.25) is 10.0 Å². The Morgan fingerprint density at radius 1 is 1.24 bits per heavy atom. The molecule has 1 aromatic carbocycles. The second-order valence-corrected chi connectivity index (χ2v) is 13.4. The van der Waals surface area contributed by atoms with Crippen LogP contribution >= 0.6 is 15.9 Å². The molecular formula is C24H31BrF3N5O4S. The normalized spacial score (nSPS) is 23.7. The minimum absolute atomic E-state index is 0.151. The van der Waals surface area contributed by atoms with Gasteiger partial charge < -0.3 is 4.74 Å². The number of ether oxygens (including phenoxy) is 1. The van der Waals surface area contributed by atoms with Crippen LogP contribution in [0.4, 0.5) is 13.2 Å². The van der Waals surface area contributed by atoms with Gasteiger partial charge in [-0.2, -0.15) is 23.4 Å². The number of hydrogen-bond donors (Lipinski definition) is 2. The topological polar surface area (TPSA) is 106 Å². The maximum atomic E-state index is 13.2. The van der Waals surface area contributed by atoms with Crippen molar-refractivity contribution in [2.75, 3.05) is 13.2 Å². The van der Waals surface area contributed by atoms with E-state index in [0.717, 1.165) is 17.5 Å². The van der Waals surface area contributed by atoms with E-state index in [2.05, 4.69) is 45.7 Å². The van der Waals surface area contributed by atoms with E-state index in [0.29, 0.717) is 18.7 Å². The molecule has 0 aliphatic carbocycles. The highest BCUT2D eigenvalue weighted by Crippen LogP contribution is 2.34. The van der Waals surface area contributed by atoms with E-state index in [-0.39, 0.29) is 33.3 Å². The summed E-state index contributed by atoms with van der Waals surface area (Å²) < 4.78 is 70.8. The quantitative estimate of drug-likeness (QED) is 0.449. The van der Waals surface area contributed by atoms with Gasteiger partial charge in [0.05, 0.1) is 15.8 Å². The van der Waals surface area contributed by atoms with Gasteiger partial charge in [-0.1, -0.05) is 42.8 Å². The number of sulfonamides is 1. The first kappa shape index (κ1) is 29.2. The van der Waals surface area contributed by atoms with E-state index in [1.54, 1.807) is 12.1 Å². The summed E-state index contributed by atoms with van der Waals surface area (Å²) in [5.41, 5.74) is 5.25. The van der Waals surface area contributed by atoms with Crippen molar-refractivity contribution in [3.05, 3.63) is 47.3 Å². The zero-order valence-corrected chi connectivity index (χ0v) is 23.8. The lowest BCUT2D eigenvalue weighted by molar-refractivity contribution is -0.154. The maximum Gasteiger partial charge on any atom is 0.422 e. The van der Waals surface area contributed by atoms with Crippen molar-refractivity contribution >= 4 is 26.0 Å². The molecule has 2 aliphatic heterocycles. The Labute approximate surface area is 228 Å². The molecule has 0 spiro atoms. The molecule has 2 aliphatic rings.